The SMILES string of the molecule is CC1CC2(C1)CN(C1CCc3cc(C#Cc4c(Cl)cccc4Cl)ccc31)C2.COC=O. The van der Waals surface area contributed by atoms with Gasteiger partial charge >= 0.3 is 0 Å². The molecule has 31 heavy (non-hydrogen) atoms. The van der Waals surface area contributed by atoms with E-state index in [2.05, 4.69) is 46.6 Å². The van der Waals surface area contributed by atoms with Gasteiger partial charge in [-0.15, -0.1) is 0 Å². The van der Waals surface area contributed by atoms with Crippen molar-refractivity contribution in [3.8, 4) is 11.8 Å². The molecule has 162 valence electrons. The van der Waals surface area contributed by atoms with Crippen LogP contribution < -0.4 is 0 Å². The lowest BCUT2D eigenvalue weighted by Crippen LogP contribution is -2.62. The smallest absolute Gasteiger partial charge is 0.292 e. The predicted octanol–water partition coefficient (Wildman–Crippen LogP) is 5.90. The van der Waals surface area contributed by atoms with Gasteiger partial charge in [0.2, 0.25) is 0 Å². The standard InChI is InChI=1S/C24H23Cl2N.C2H4O2/c1-16-12-24(13-16)14-27(15-24)23-10-7-18-11-17(5-8-19(18)23)6-9-20-21(25)3-2-4-22(20)26;1-4-2-3/h2-5,8,11,16,23H,7,10,12-15H2,1H3;2H,1H3. The molecule has 1 unspecified atom stereocenters. The second-order valence-electron chi connectivity index (χ2n) is 9.07. The van der Waals surface area contributed by atoms with Crippen LogP contribution in [0.25, 0.3) is 0 Å². The Kier molecular flexibility index (Phi) is 6.63. The van der Waals surface area contributed by atoms with Crippen LogP contribution in [-0.4, -0.2) is 31.6 Å². The summed E-state index contributed by atoms with van der Waals surface area (Å²) in [7, 11) is 1.31. The lowest BCUT2D eigenvalue weighted by molar-refractivity contribution is -0.126. The molecule has 1 spiro atoms. The van der Waals surface area contributed by atoms with Gasteiger partial charge in [-0.2, -0.15) is 0 Å². The normalized spacial score (nSPS) is 21.0. The maximum atomic E-state index is 8.95. The van der Waals surface area contributed by atoms with Crippen molar-refractivity contribution in [2.75, 3.05) is 20.2 Å². The zero-order chi connectivity index (χ0) is 22.0. The summed E-state index contributed by atoms with van der Waals surface area (Å²) in [6.07, 6.45) is 5.26. The van der Waals surface area contributed by atoms with E-state index in [0.717, 1.165) is 17.9 Å². The zero-order valence-electron chi connectivity index (χ0n) is 18.0. The number of ether oxygens (including phenoxy) is 1. The summed E-state index contributed by atoms with van der Waals surface area (Å²) >= 11 is 12.4. The first-order valence-electron chi connectivity index (χ1n) is 10.7. The molecule has 1 aliphatic heterocycles. The molecule has 2 aromatic rings. The molecular formula is C26H27Cl2NO2. The van der Waals surface area contributed by atoms with Crippen molar-refractivity contribution in [3.05, 3.63) is 68.7 Å². The Morgan fingerprint density at radius 1 is 1.13 bits per heavy atom. The van der Waals surface area contributed by atoms with Crippen LogP contribution in [0, 0.1) is 23.2 Å². The Balaban J connectivity index is 0.000000535. The zero-order valence-corrected chi connectivity index (χ0v) is 19.5. The Labute approximate surface area is 194 Å². The van der Waals surface area contributed by atoms with Crippen molar-refractivity contribution in [1.82, 2.24) is 4.90 Å². The van der Waals surface area contributed by atoms with E-state index < -0.39 is 0 Å². The summed E-state index contributed by atoms with van der Waals surface area (Å²) in [5.41, 5.74) is 5.39. The molecule has 2 fully saturated rings. The highest BCUT2D eigenvalue weighted by molar-refractivity contribution is 6.36. The third-order valence-electron chi connectivity index (χ3n) is 6.66. The number of carbonyl (C=O) groups excluding carboxylic acids is 1. The van der Waals surface area contributed by atoms with Crippen LogP contribution in [0.3, 0.4) is 0 Å². The van der Waals surface area contributed by atoms with Crippen LogP contribution >= 0.6 is 23.2 Å². The third kappa shape index (κ3) is 4.62. The van der Waals surface area contributed by atoms with Crippen LogP contribution in [-0.2, 0) is 16.0 Å². The van der Waals surface area contributed by atoms with E-state index in [4.69, 9.17) is 28.0 Å². The van der Waals surface area contributed by atoms with Gasteiger partial charge in [0, 0.05) is 24.7 Å². The second-order valence-corrected chi connectivity index (χ2v) is 9.88. The molecule has 0 amide bonds. The molecule has 0 N–H and O–H groups in total. The highest BCUT2D eigenvalue weighted by Crippen LogP contribution is 2.55. The first-order chi connectivity index (χ1) is 14.9. The van der Waals surface area contributed by atoms with Crippen LogP contribution in [0.2, 0.25) is 10.0 Å². The highest BCUT2D eigenvalue weighted by atomic mass is 35.5. The molecule has 1 saturated carbocycles. The molecule has 2 aromatic carbocycles. The monoisotopic (exact) mass is 455 g/mol. The van der Waals surface area contributed by atoms with Gasteiger partial charge in [-0.1, -0.05) is 54.1 Å². The molecule has 1 heterocycles. The van der Waals surface area contributed by atoms with Gasteiger partial charge in [0.25, 0.3) is 6.47 Å². The van der Waals surface area contributed by atoms with Crippen molar-refractivity contribution in [1.29, 1.82) is 0 Å². The summed E-state index contributed by atoms with van der Waals surface area (Å²) in [5.74, 6) is 7.34. The first-order valence-corrected chi connectivity index (χ1v) is 11.5. The number of fused-ring (bicyclic) bond motifs is 1. The third-order valence-corrected chi connectivity index (χ3v) is 7.29. The number of hydrogen-bond donors (Lipinski definition) is 0. The van der Waals surface area contributed by atoms with E-state index in [9.17, 15) is 0 Å². The summed E-state index contributed by atoms with van der Waals surface area (Å²) < 4.78 is 3.86. The fraction of sp³-hybridized carbons (Fsp3) is 0.423. The number of nitrogens with zero attached hydrogens (tertiary/aromatic N) is 1. The Bertz CT molecular complexity index is 1010. The molecule has 5 heteroatoms. The lowest BCUT2D eigenvalue weighted by atomic mass is 9.58. The molecule has 0 aromatic heterocycles. The Morgan fingerprint density at radius 2 is 1.81 bits per heavy atom. The average molecular weight is 456 g/mol. The van der Waals surface area contributed by atoms with E-state index in [0.29, 0.717) is 33.5 Å². The summed E-state index contributed by atoms with van der Waals surface area (Å²) in [6, 6.07) is 12.8. The lowest BCUT2D eigenvalue weighted by Gasteiger charge is -2.60. The molecule has 5 rings (SSSR count). The molecule has 1 saturated heterocycles. The minimum Gasteiger partial charge on any atom is -0.471 e. The van der Waals surface area contributed by atoms with Crippen molar-refractivity contribution in [3.63, 3.8) is 0 Å². The molecule has 3 nitrogen and oxygen atoms in total. The molecule has 3 aliphatic rings. The van der Waals surface area contributed by atoms with E-state index in [1.165, 1.54) is 50.6 Å². The quantitative estimate of drug-likeness (QED) is 0.416. The van der Waals surface area contributed by atoms with E-state index in [1.54, 1.807) is 0 Å². The molecular weight excluding hydrogens is 429 g/mol. The maximum Gasteiger partial charge on any atom is 0.292 e. The fourth-order valence-corrected chi connectivity index (χ4v) is 6.01. The topological polar surface area (TPSA) is 29.5 Å². The van der Waals surface area contributed by atoms with Crippen molar-refractivity contribution < 1.29 is 9.53 Å². The van der Waals surface area contributed by atoms with Gasteiger partial charge in [-0.25, -0.2) is 0 Å². The second kappa shape index (κ2) is 9.25. The van der Waals surface area contributed by atoms with Crippen molar-refractivity contribution in [2.45, 2.75) is 38.6 Å². The highest BCUT2D eigenvalue weighted by Gasteiger charge is 2.52. The Hall–Kier alpha value is -1.99. The average Bonchev–Trinajstić information content (AvgIpc) is 3.12. The van der Waals surface area contributed by atoms with Gasteiger partial charge in [-0.05, 0) is 72.4 Å². The number of benzene rings is 2. The first kappa shape index (κ1) is 22.2. The van der Waals surface area contributed by atoms with Gasteiger partial charge in [0.15, 0.2) is 0 Å². The van der Waals surface area contributed by atoms with E-state index in [-0.39, 0.29) is 0 Å². The number of carbonyl (C=O) groups is 1. The van der Waals surface area contributed by atoms with Gasteiger partial charge < -0.3 is 4.74 Å². The minimum absolute atomic E-state index is 0.375. The number of aryl methyl sites for hydroxylation is 1. The molecule has 0 bridgehead atoms. The molecule has 2 aliphatic carbocycles. The number of methoxy groups -OCH3 is 1. The largest absolute Gasteiger partial charge is 0.471 e. The van der Waals surface area contributed by atoms with Gasteiger partial charge in [0.05, 0.1) is 22.7 Å². The van der Waals surface area contributed by atoms with Crippen LogP contribution in [0.15, 0.2) is 36.4 Å². The minimum atomic E-state index is 0.375. The number of hydrogen-bond acceptors (Lipinski definition) is 3. The summed E-state index contributed by atoms with van der Waals surface area (Å²) in [5, 5.41) is 1.21. The predicted molar refractivity (Wildman–Crippen MR) is 125 cm³/mol. The number of halogens is 2. The number of rotatable bonds is 2. The van der Waals surface area contributed by atoms with E-state index >= 15 is 0 Å². The summed E-state index contributed by atoms with van der Waals surface area (Å²) in [6.45, 7) is 5.36. The van der Waals surface area contributed by atoms with Gasteiger partial charge in [0.1, 0.15) is 0 Å². The van der Waals surface area contributed by atoms with E-state index in [1.807, 2.05) is 18.2 Å². The summed E-state index contributed by atoms with van der Waals surface area (Å²) in [4.78, 5) is 11.7. The fourth-order valence-electron chi connectivity index (χ4n) is 5.52. The molecule has 0 radical (unpaired) electrons. The van der Waals surface area contributed by atoms with Crippen LogP contribution in [0.4, 0.5) is 0 Å². The van der Waals surface area contributed by atoms with Crippen LogP contribution in [0.5, 0.6) is 0 Å². The van der Waals surface area contributed by atoms with Crippen molar-refractivity contribution in [2.24, 2.45) is 11.3 Å². The van der Waals surface area contributed by atoms with Crippen molar-refractivity contribution >= 4 is 29.7 Å². The maximum absolute atomic E-state index is 8.95. The molecule has 1 atom stereocenters. The number of likely N-dealkylation sites (tertiary alicyclic amines) is 1. The van der Waals surface area contributed by atoms with Crippen LogP contribution in [0.1, 0.15) is 54.5 Å². The Morgan fingerprint density at radius 3 is 2.42 bits per heavy atom. The van der Waals surface area contributed by atoms with Gasteiger partial charge in [-0.3, -0.25) is 9.69 Å².